The Kier molecular flexibility index (Phi) is 3.21. The molecule has 0 saturated carbocycles. The fourth-order valence-electron chi connectivity index (χ4n) is 4.83. The molecule has 0 aliphatic heterocycles. The highest BCUT2D eigenvalue weighted by Crippen LogP contribution is 2.41. The van der Waals surface area contributed by atoms with Gasteiger partial charge >= 0.3 is 0 Å². The van der Waals surface area contributed by atoms with Crippen LogP contribution in [0.25, 0.3) is 58.4 Å². The van der Waals surface area contributed by atoms with E-state index in [2.05, 4.69) is 108 Å². The van der Waals surface area contributed by atoms with Gasteiger partial charge in [0.05, 0.1) is 11.0 Å². The first-order chi connectivity index (χ1) is 14.9. The minimum atomic E-state index is 1.20. The summed E-state index contributed by atoms with van der Waals surface area (Å²) >= 11 is 1.90. The molecule has 0 aliphatic rings. The maximum absolute atomic E-state index is 2.41. The van der Waals surface area contributed by atoms with Crippen LogP contribution in [0, 0.1) is 0 Å². The van der Waals surface area contributed by atoms with Crippen LogP contribution in [-0.2, 0) is 0 Å². The highest BCUT2D eigenvalue weighted by Gasteiger charge is 2.15. The first-order valence-corrected chi connectivity index (χ1v) is 11.0. The van der Waals surface area contributed by atoms with Crippen molar-refractivity contribution in [2.24, 2.45) is 0 Å². The van der Waals surface area contributed by atoms with Crippen LogP contribution in [0.1, 0.15) is 0 Å². The van der Waals surface area contributed by atoms with Crippen LogP contribution < -0.4 is 0 Å². The second-order valence-corrected chi connectivity index (χ2v) is 8.87. The van der Waals surface area contributed by atoms with Crippen molar-refractivity contribution in [1.29, 1.82) is 0 Å². The molecule has 0 radical (unpaired) electrons. The molecular weight excluding hydrogens is 382 g/mol. The van der Waals surface area contributed by atoms with Gasteiger partial charge in [0, 0.05) is 42.0 Å². The van der Waals surface area contributed by atoms with E-state index in [1.807, 2.05) is 11.3 Å². The molecule has 7 aromatic rings. The minimum absolute atomic E-state index is 1.20. The predicted octanol–water partition coefficient (Wildman–Crippen LogP) is 8.30. The smallest absolute Gasteiger partial charge is 0.0547 e. The van der Waals surface area contributed by atoms with Crippen molar-refractivity contribution in [1.82, 2.24) is 4.57 Å². The summed E-state index contributed by atoms with van der Waals surface area (Å²) in [6.45, 7) is 0. The Hall–Kier alpha value is -3.62. The van der Waals surface area contributed by atoms with Gasteiger partial charge in [-0.15, -0.1) is 11.3 Å². The maximum atomic E-state index is 2.41. The van der Waals surface area contributed by atoms with Crippen LogP contribution >= 0.6 is 11.3 Å². The Morgan fingerprint density at radius 2 is 1.27 bits per heavy atom. The van der Waals surface area contributed by atoms with E-state index in [-0.39, 0.29) is 0 Å². The standard InChI is InChI=1S/C28H17NS/c1-2-8-19(9-3-1)29-25-12-6-4-10-20(25)24-17-23-18(16-26(24)29)14-15-22-21-11-5-7-13-27(21)30-28(22)23/h1-17H. The van der Waals surface area contributed by atoms with Gasteiger partial charge in [0.15, 0.2) is 0 Å². The summed E-state index contributed by atoms with van der Waals surface area (Å²) in [5, 5.41) is 7.96. The SMILES string of the molecule is c1ccc(-n2c3ccccc3c3cc4c(ccc5c6ccccc6sc45)cc32)cc1. The molecule has 0 amide bonds. The topological polar surface area (TPSA) is 4.93 Å². The first-order valence-electron chi connectivity index (χ1n) is 10.2. The van der Waals surface area contributed by atoms with Gasteiger partial charge < -0.3 is 4.57 Å². The zero-order valence-electron chi connectivity index (χ0n) is 16.2. The van der Waals surface area contributed by atoms with Crippen molar-refractivity contribution in [2.75, 3.05) is 0 Å². The lowest BCUT2D eigenvalue weighted by Crippen LogP contribution is -1.92. The highest BCUT2D eigenvalue weighted by molar-refractivity contribution is 7.26. The fraction of sp³-hybridized carbons (Fsp3) is 0. The molecule has 0 saturated heterocycles. The van der Waals surface area contributed by atoms with E-state index in [0.717, 1.165) is 0 Å². The molecule has 0 atom stereocenters. The Labute approximate surface area is 177 Å². The second-order valence-electron chi connectivity index (χ2n) is 7.82. The summed E-state index contributed by atoms with van der Waals surface area (Å²) in [7, 11) is 0. The van der Waals surface area contributed by atoms with Crippen LogP contribution in [-0.4, -0.2) is 4.57 Å². The number of nitrogens with zero attached hydrogens (tertiary/aromatic N) is 1. The normalized spacial score (nSPS) is 12.0. The number of benzene rings is 5. The van der Waals surface area contributed by atoms with Crippen molar-refractivity contribution >= 4 is 64.1 Å². The summed E-state index contributed by atoms with van der Waals surface area (Å²) in [6.07, 6.45) is 0. The van der Waals surface area contributed by atoms with E-state index >= 15 is 0 Å². The van der Waals surface area contributed by atoms with Crippen molar-refractivity contribution in [2.45, 2.75) is 0 Å². The lowest BCUT2D eigenvalue weighted by Gasteiger charge is -2.08. The summed E-state index contributed by atoms with van der Waals surface area (Å²) in [5.74, 6) is 0. The van der Waals surface area contributed by atoms with Crippen molar-refractivity contribution in [3.05, 3.63) is 103 Å². The molecule has 0 unspecified atom stereocenters. The molecule has 0 bridgehead atoms. The Morgan fingerprint density at radius 1 is 0.500 bits per heavy atom. The minimum Gasteiger partial charge on any atom is -0.309 e. The summed E-state index contributed by atoms with van der Waals surface area (Å²) in [6, 6.07) is 37.5. The average molecular weight is 400 g/mol. The van der Waals surface area contributed by atoms with E-state index in [0.29, 0.717) is 0 Å². The van der Waals surface area contributed by atoms with Gasteiger partial charge in [-0.3, -0.25) is 0 Å². The highest BCUT2D eigenvalue weighted by atomic mass is 32.1. The van der Waals surface area contributed by atoms with E-state index in [1.165, 1.54) is 58.4 Å². The third-order valence-electron chi connectivity index (χ3n) is 6.17. The van der Waals surface area contributed by atoms with Gasteiger partial charge in [0.2, 0.25) is 0 Å². The van der Waals surface area contributed by atoms with Crippen LogP contribution in [0.2, 0.25) is 0 Å². The quantitative estimate of drug-likeness (QED) is 0.262. The van der Waals surface area contributed by atoms with E-state index < -0.39 is 0 Å². The lowest BCUT2D eigenvalue weighted by molar-refractivity contribution is 1.18. The molecule has 140 valence electrons. The average Bonchev–Trinajstić information content (AvgIpc) is 3.34. The van der Waals surface area contributed by atoms with Crippen LogP contribution in [0.5, 0.6) is 0 Å². The molecular formula is C28H17NS. The van der Waals surface area contributed by atoms with Gasteiger partial charge in [-0.05, 0) is 41.8 Å². The molecule has 0 fully saturated rings. The molecule has 7 rings (SSSR count). The zero-order chi connectivity index (χ0) is 19.7. The van der Waals surface area contributed by atoms with Crippen molar-refractivity contribution in [3.63, 3.8) is 0 Å². The fourth-order valence-corrected chi connectivity index (χ4v) is 6.05. The number of rotatable bonds is 1. The number of hydrogen-bond donors (Lipinski definition) is 0. The van der Waals surface area contributed by atoms with Crippen LogP contribution in [0.4, 0.5) is 0 Å². The molecule has 2 heteroatoms. The number of fused-ring (bicyclic) bond motifs is 8. The molecule has 2 heterocycles. The molecule has 0 spiro atoms. The van der Waals surface area contributed by atoms with Gasteiger partial charge in [-0.25, -0.2) is 0 Å². The van der Waals surface area contributed by atoms with Gasteiger partial charge in [-0.1, -0.05) is 66.7 Å². The largest absolute Gasteiger partial charge is 0.309 e. The lowest BCUT2D eigenvalue weighted by atomic mass is 10.0. The number of thiophene rings is 1. The molecule has 5 aromatic carbocycles. The van der Waals surface area contributed by atoms with Crippen LogP contribution in [0.15, 0.2) is 103 Å². The summed E-state index contributed by atoms with van der Waals surface area (Å²) < 4.78 is 5.12. The van der Waals surface area contributed by atoms with E-state index in [4.69, 9.17) is 0 Å². The van der Waals surface area contributed by atoms with E-state index in [9.17, 15) is 0 Å². The Morgan fingerprint density at radius 3 is 2.17 bits per heavy atom. The van der Waals surface area contributed by atoms with E-state index in [1.54, 1.807) is 0 Å². The maximum Gasteiger partial charge on any atom is 0.0547 e. The van der Waals surface area contributed by atoms with Gasteiger partial charge in [-0.2, -0.15) is 0 Å². The molecule has 0 N–H and O–H groups in total. The Bertz CT molecular complexity index is 1740. The summed E-state index contributed by atoms with van der Waals surface area (Å²) in [5.41, 5.74) is 3.71. The van der Waals surface area contributed by atoms with Crippen molar-refractivity contribution < 1.29 is 0 Å². The predicted molar refractivity (Wildman–Crippen MR) is 131 cm³/mol. The number of hydrogen-bond acceptors (Lipinski definition) is 1. The van der Waals surface area contributed by atoms with Gasteiger partial charge in [0.1, 0.15) is 0 Å². The molecule has 2 aromatic heterocycles. The Balaban J connectivity index is 1.69. The second kappa shape index (κ2) is 5.94. The zero-order valence-corrected chi connectivity index (χ0v) is 17.0. The number of aromatic nitrogens is 1. The molecule has 30 heavy (non-hydrogen) atoms. The van der Waals surface area contributed by atoms with Gasteiger partial charge in [0.25, 0.3) is 0 Å². The summed E-state index contributed by atoms with van der Waals surface area (Å²) in [4.78, 5) is 0. The van der Waals surface area contributed by atoms with Crippen molar-refractivity contribution in [3.8, 4) is 5.69 Å². The third-order valence-corrected chi connectivity index (χ3v) is 7.39. The first kappa shape index (κ1) is 16.2. The molecule has 0 aliphatic carbocycles. The third kappa shape index (κ3) is 2.11. The monoisotopic (exact) mass is 399 g/mol. The van der Waals surface area contributed by atoms with Crippen LogP contribution in [0.3, 0.4) is 0 Å². The molecule has 1 nitrogen and oxygen atoms in total. The number of para-hydroxylation sites is 2.